The van der Waals surface area contributed by atoms with Crippen molar-refractivity contribution < 1.29 is 4.74 Å². The molecule has 1 saturated heterocycles. The molecule has 0 aromatic carbocycles. The van der Waals surface area contributed by atoms with Gasteiger partial charge in [0.05, 0.1) is 6.10 Å². The van der Waals surface area contributed by atoms with Gasteiger partial charge in [-0.25, -0.2) is 9.97 Å². The Morgan fingerprint density at radius 2 is 2.57 bits per heavy atom. The summed E-state index contributed by atoms with van der Waals surface area (Å²) in [6.07, 6.45) is 4.21. The highest BCUT2D eigenvalue weighted by molar-refractivity contribution is 6.28. The highest BCUT2D eigenvalue weighted by Crippen LogP contribution is 2.13. The summed E-state index contributed by atoms with van der Waals surface area (Å²) >= 11 is 5.65. The van der Waals surface area contributed by atoms with Gasteiger partial charge in [0.25, 0.3) is 0 Å². The summed E-state index contributed by atoms with van der Waals surface area (Å²) in [7, 11) is 0. The Balaban J connectivity index is 1.85. The molecule has 1 N–H and O–H groups in total. The van der Waals surface area contributed by atoms with Crippen LogP contribution in [-0.4, -0.2) is 29.2 Å². The Morgan fingerprint density at radius 1 is 1.64 bits per heavy atom. The maximum atomic E-state index is 5.65. The number of rotatable bonds is 3. The van der Waals surface area contributed by atoms with Gasteiger partial charge in [0, 0.05) is 19.3 Å². The van der Waals surface area contributed by atoms with Gasteiger partial charge in [0.2, 0.25) is 5.28 Å². The summed E-state index contributed by atoms with van der Waals surface area (Å²) in [4.78, 5) is 7.82. The number of ether oxygens (including phenoxy) is 1. The van der Waals surface area contributed by atoms with E-state index in [1.54, 1.807) is 12.3 Å². The number of anilines is 1. The lowest BCUT2D eigenvalue weighted by molar-refractivity contribution is 0.120. The van der Waals surface area contributed by atoms with Crippen molar-refractivity contribution in [1.29, 1.82) is 0 Å². The highest BCUT2D eigenvalue weighted by atomic mass is 35.5. The number of halogens is 1. The summed E-state index contributed by atoms with van der Waals surface area (Å²) in [5.41, 5.74) is 0. The molecular weight excluding hydrogens is 202 g/mol. The third-order valence-electron chi connectivity index (χ3n) is 2.16. The fraction of sp³-hybridized carbons (Fsp3) is 0.556. The molecule has 2 heterocycles. The fourth-order valence-corrected chi connectivity index (χ4v) is 1.60. The van der Waals surface area contributed by atoms with E-state index in [1.807, 2.05) is 0 Å². The van der Waals surface area contributed by atoms with E-state index in [-0.39, 0.29) is 5.28 Å². The molecule has 0 radical (unpaired) electrons. The second-order valence-corrected chi connectivity index (χ2v) is 3.56. The van der Waals surface area contributed by atoms with Crippen LogP contribution < -0.4 is 5.32 Å². The third kappa shape index (κ3) is 2.56. The monoisotopic (exact) mass is 213 g/mol. The van der Waals surface area contributed by atoms with Crippen LogP contribution in [0.15, 0.2) is 12.3 Å². The van der Waals surface area contributed by atoms with Crippen LogP contribution in [-0.2, 0) is 4.74 Å². The Labute approximate surface area is 87.7 Å². The minimum absolute atomic E-state index is 0.266. The molecule has 76 valence electrons. The number of hydrogen-bond acceptors (Lipinski definition) is 4. The lowest BCUT2D eigenvalue weighted by atomic mass is 10.2. The summed E-state index contributed by atoms with van der Waals surface area (Å²) < 4.78 is 5.47. The number of nitrogens with zero attached hydrogens (tertiary/aromatic N) is 2. The topological polar surface area (TPSA) is 47.0 Å². The zero-order valence-corrected chi connectivity index (χ0v) is 8.50. The van der Waals surface area contributed by atoms with Crippen LogP contribution in [0.1, 0.15) is 12.8 Å². The average Bonchev–Trinajstić information content (AvgIpc) is 2.67. The molecule has 1 atom stereocenters. The molecular formula is C9H12ClN3O. The highest BCUT2D eigenvalue weighted by Gasteiger charge is 2.14. The normalized spacial score (nSPS) is 21.1. The molecule has 5 heteroatoms. The van der Waals surface area contributed by atoms with E-state index >= 15 is 0 Å². The van der Waals surface area contributed by atoms with Crippen LogP contribution >= 0.6 is 11.6 Å². The number of hydrogen-bond donors (Lipinski definition) is 1. The molecule has 0 aliphatic carbocycles. The van der Waals surface area contributed by atoms with Crippen molar-refractivity contribution in [3.63, 3.8) is 0 Å². The van der Waals surface area contributed by atoms with Gasteiger partial charge in [-0.1, -0.05) is 0 Å². The van der Waals surface area contributed by atoms with E-state index in [0.29, 0.717) is 6.10 Å². The lowest BCUT2D eigenvalue weighted by Gasteiger charge is -2.10. The molecule has 1 aliphatic heterocycles. The first-order chi connectivity index (χ1) is 6.84. The van der Waals surface area contributed by atoms with Gasteiger partial charge in [-0.3, -0.25) is 0 Å². The molecule has 14 heavy (non-hydrogen) atoms. The molecule has 0 saturated carbocycles. The average molecular weight is 214 g/mol. The summed E-state index contributed by atoms with van der Waals surface area (Å²) in [5.74, 6) is 0.750. The van der Waals surface area contributed by atoms with Crippen LogP contribution in [0.3, 0.4) is 0 Å². The fourth-order valence-electron chi connectivity index (χ4n) is 1.46. The number of nitrogens with one attached hydrogen (secondary N) is 1. The van der Waals surface area contributed by atoms with Crippen molar-refractivity contribution >= 4 is 17.4 Å². The zero-order chi connectivity index (χ0) is 9.80. The van der Waals surface area contributed by atoms with Gasteiger partial charge in [0.15, 0.2) is 0 Å². The van der Waals surface area contributed by atoms with E-state index in [0.717, 1.165) is 31.8 Å². The van der Waals surface area contributed by atoms with Crippen LogP contribution in [0, 0.1) is 0 Å². The number of aromatic nitrogens is 2. The maximum absolute atomic E-state index is 5.65. The first-order valence-electron chi connectivity index (χ1n) is 4.68. The predicted octanol–water partition coefficient (Wildman–Crippen LogP) is 1.72. The molecule has 1 aliphatic rings. The van der Waals surface area contributed by atoms with Crippen molar-refractivity contribution in [2.45, 2.75) is 18.9 Å². The predicted molar refractivity (Wildman–Crippen MR) is 54.5 cm³/mol. The van der Waals surface area contributed by atoms with Gasteiger partial charge in [-0.05, 0) is 30.5 Å². The van der Waals surface area contributed by atoms with Crippen LogP contribution in [0.4, 0.5) is 5.82 Å². The Bertz CT molecular complexity index is 302. The quantitative estimate of drug-likeness (QED) is 0.777. The maximum Gasteiger partial charge on any atom is 0.224 e. The Morgan fingerprint density at radius 3 is 3.29 bits per heavy atom. The molecule has 0 unspecified atom stereocenters. The summed E-state index contributed by atoms with van der Waals surface area (Å²) in [5, 5.41) is 3.43. The second kappa shape index (κ2) is 4.57. The standard InChI is InChI=1S/C9H12ClN3O/c10-9-11-4-3-8(13-9)12-6-7-2-1-5-14-7/h3-4,7H,1-2,5-6H2,(H,11,12,13)/t7-/m0/s1. The van der Waals surface area contributed by atoms with E-state index in [9.17, 15) is 0 Å². The summed E-state index contributed by atoms with van der Waals surface area (Å²) in [6, 6.07) is 1.79. The van der Waals surface area contributed by atoms with Crippen LogP contribution in [0.2, 0.25) is 5.28 Å². The van der Waals surface area contributed by atoms with E-state index in [1.165, 1.54) is 0 Å². The van der Waals surface area contributed by atoms with E-state index in [2.05, 4.69) is 15.3 Å². The van der Waals surface area contributed by atoms with E-state index in [4.69, 9.17) is 16.3 Å². The molecule has 4 nitrogen and oxygen atoms in total. The molecule has 0 bridgehead atoms. The van der Waals surface area contributed by atoms with Crippen LogP contribution in [0.5, 0.6) is 0 Å². The lowest BCUT2D eigenvalue weighted by Crippen LogP contribution is -2.18. The first-order valence-corrected chi connectivity index (χ1v) is 5.06. The van der Waals surface area contributed by atoms with E-state index < -0.39 is 0 Å². The SMILES string of the molecule is Clc1nccc(NC[C@@H]2CCCO2)n1. The van der Waals surface area contributed by atoms with Gasteiger partial charge in [0.1, 0.15) is 5.82 Å². The molecule has 0 spiro atoms. The molecule has 1 aromatic rings. The van der Waals surface area contributed by atoms with Crippen molar-refractivity contribution in [2.75, 3.05) is 18.5 Å². The molecule has 1 fully saturated rings. The van der Waals surface area contributed by atoms with Gasteiger partial charge < -0.3 is 10.1 Å². The third-order valence-corrected chi connectivity index (χ3v) is 2.34. The van der Waals surface area contributed by atoms with Gasteiger partial charge in [-0.2, -0.15) is 0 Å². The van der Waals surface area contributed by atoms with Crippen molar-refractivity contribution in [2.24, 2.45) is 0 Å². The minimum Gasteiger partial charge on any atom is -0.376 e. The van der Waals surface area contributed by atoms with Crippen LogP contribution in [0.25, 0.3) is 0 Å². The van der Waals surface area contributed by atoms with Crippen molar-refractivity contribution in [3.8, 4) is 0 Å². The summed E-state index contributed by atoms with van der Waals surface area (Å²) in [6.45, 7) is 1.66. The van der Waals surface area contributed by atoms with Gasteiger partial charge >= 0.3 is 0 Å². The molecule has 2 rings (SSSR count). The molecule has 1 aromatic heterocycles. The zero-order valence-electron chi connectivity index (χ0n) is 7.74. The Kier molecular flexibility index (Phi) is 3.16. The van der Waals surface area contributed by atoms with Crippen molar-refractivity contribution in [1.82, 2.24) is 9.97 Å². The largest absolute Gasteiger partial charge is 0.376 e. The Hall–Kier alpha value is -0.870. The smallest absolute Gasteiger partial charge is 0.224 e. The minimum atomic E-state index is 0.266. The second-order valence-electron chi connectivity index (χ2n) is 3.23. The first kappa shape index (κ1) is 9.68. The van der Waals surface area contributed by atoms with Crippen molar-refractivity contribution in [3.05, 3.63) is 17.5 Å². The van der Waals surface area contributed by atoms with Gasteiger partial charge in [-0.15, -0.1) is 0 Å². The molecule has 0 amide bonds.